The number of thiazole rings is 1. The van der Waals surface area contributed by atoms with Gasteiger partial charge >= 0.3 is 0 Å². The quantitative estimate of drug-likeness (QED) is 0.697. The van der Waals surface area contributed by atoms with E-state index in [0.29, 0.717) is 12.1 Å². The summed E-state index contributed by atoms with van der Waals surface area (Å²) in [7, 11) is 2.18. The summed E-state index contributed by atoms with van der Waals surface area (Å²) in [5.74, 6) is 1.21. The third-order valence-corrected chi connectivity index (χ3v) is 5.46. The normalized spacial score (nSPS) is 12.9. The Morgan fingerprint density at radius 1 is 1.33 bits per heavy atom. The monoisotopic (exact) mass is 329 g/mol. The van der Waals surface area contributed by atoms with Gasteiger partial charge < -0.3 is 10.2 Å². The van der Waals surface area contributed by atoms with E-state index >= 15 is 0 Å². The van der Waals surface area contributed by atoms with Crippen molar-refractivity contribution >= 4 is 28.2 Å². The molecule has 0 saturated carbocycles. The Morgan fingerprint density at radius 2 is 2.05 bits per heavy atom. The molecular formula is C16H31N3S2. The van der Waals surface area contributed by atoms with Crippen LogP contribution < -0.4 is 10.2 Å². The van der Waals surface area contributed by atoms with Gasteiger partial charge in [-0.15, -0.1) is 11.3 Å². The number of anilines is 1. The highest BCUT2D eigenvalue weighted by atomic mass is 32.2. The number of nitrogens with zero attached hydrogens (tertiary/aromatic N) is 2. The second-order valence-corrected chi connectivity index (χ2v) is 7.94. The molecule has 0 amide bonds. The summed E-state index contributed by atoms with van der Waals surface area (Å²) in [5.41, 5.74) is 1.29. The Labute approximate surface area is 138 Å². The van der Waals surface area contributed by atoms with Crippen LogP contribution in [0.2, 0.25) is 0 Å². The van der Waals surface area contributed by atoms with Crippen LogP contribution in [0.3, 0.4) is 0 Å². The molecule has 1 aromatic heterocycles. The lowest BCUT2D eigenvalue weighted by atomic mass is 10.2. The Bertz CT molecular complexity index is 404. The smallest absolute Gasteiger partial charge is 0.185 e. The van der Waals surface area contributed by atoms with Crippen molar-refractivity contribution < 1.29 is 0 Å². The summed E-state index contributed by atoms with van der Waals surface area (Å²) in [5, 5.41) is 4.70. The van der Waals surface area contributed by atoms with Crippen LogP contribution in [0, 0.1) is 0 Å². The van der Waals surface area contributed by atoms with Crippen molar-refractivity contribution in [2.75, 3.05) is 24.0 Å². The van der Waals surface area contributed by atoms with Crippen molar-refractivity contribution in [1.29, 1.82) is 0 Å². The molecule has 1 rings (SSSR count). The molecule has 1 N–H and O–H groups in total. The summed E-state index contributed by atoms with van der Waals surface area (Å²) >= 11 is 3.77. The first kappa shape index (κ1) is 18.8. The molecule has 0 aliphatic carbocycles. The maximum Gasteiger partial charge on any atom is 0.185 e. The lowest BCUT2D eigenvalue weighted by Gasteiger charge is -2.23. The number of hydrogen-bond donors (Lipinski definition) is 1. The van der Waals surface area contributed by atoms with Crippen LogP contribution in [0.25, 0.3) is 0 Å². The van der Waals surface area contributed by atoms with E-state index in [1.165, 1.54) is 27.9 Å². The molecule has 1 heterocycles. The third kappa shape index (κ3) is 6.17. The Kier molecular flexibility index (Phi) is 8.67. The molecule has 0 aliphatic rings. The summed E-state index contributed by atoms with van der Waals surface area (Å²) in [6.07, 6.45) is 5.62. The summed E-state index contributed by atoms with van der Waals surface area (Å²) in [6, 6.07) is 1.06. The van der Waals surface area contributed by atoms with Gasteiger partial charge in [0.05, 0.1) is 5.69 Å². The number of aryl methyl sites for hydroxylation is 1. The van der Waals surface area contributed by atoms with E-state index in [1.807, 2.05) is 23.1 Å². The van der Waals surface area contributed by atoms with Gasteiger partial charge in [0, 0.05) is 30.6 Å². The standard InChI is InChI=1S/C16H31N3S2/c1-7-8-14-15(11-17-12(2)3)21-16(18-14)19(5)13(4)9-10-20-6/h12-13,17H,7-11H2,1-6H3. The number of nitrogens with one attached hydrogen (secondary N) is 1. The largest absolute Gasteiger partial charge is 0.348 e. The molecule has 0 fully saturated rings. The molecule has 1 unspecified atom stereocenters. The Hall–Kier alpha value is -0.260. The van der Waals surface area contributed by atoms with Gasteiger partial charge in [0.2, 0.25) is 0 Å². The van der Waals surface area contributed by atoms with Crippen molar-refractivity contribution in [2.24, 2.45) is 0 Å². The predicted octanol–water partition coefficient (Wildman–Crippen LogP) is 4.17. The molecule has 1 aromatic rings. The van der Waals surface area contributed by atoms with Gasteiger partial charge in [-0.1, -0.05) is 27.2 Å². The highest BCUT2D eigenvalue weighted by Crippen LogP contribution is 2.28. The van der Waals surface area contributed by atoms with Crippen LogP contribution >= 0.6 is 23.1 Å². The number of aromatic nitrogens is 1. The fourth-order valence-corrected chi connectivity index (χ4v) is 3.76. The van der Waals surface area contributed by atoms with E-state index in [4.69, 9.17) is 4.98 Å². The molecule has 0 spiro atoms. The van der Waals surface area contributed by atoms with Gasteiger partial charge in [-0.25, -0.2) is 4.98 Å². The Balaban J connectivity index is 2.79. The van der Waals surface area contributed by atoms with E-state index < -0.39 is 0 Å². The predicted molar refractivity (Wildman–Crippen MR) is 98.9 cm³/mol. The zero-order valence-corrected chi connectivity index (χ0v) is 16.0. The van der Waals surface area contributed by atoms with Crippen LogP contribution in [0.1, 0.15) is 51.1 Å². The van der Waals surface area contributed by atoms with E-state index in [-0.39, 0.29) is 0 Å². The third-order valence-electron chi connectivity index (χ3n) is 3.63. The summed E-state index contributed by atoms with van der Waals surface area (Å²) < 4.78 is 0. The van der Waals surface area contributed by atoms with Crippen molar-refractivity contribution in [3.63, 3.8) is 0 Å². The van der Waals surface area contributed by atoms with Crippen LogP contribution in [-0.2, 0) is 13.0 Å². The SMILES string of the molecule is CCCc1nc(N(C)C(C)CCSC)sc1CNC(C)C. The lowest BCUT2D eigenvalue weighted by Crippen LogP contribution is -2.29. The Morgan fingerprint density at radius 3 is 2.62 bits per heavy atom. The lowest BCUT2D eigenvalue weighted by molar-refractivity contribution is 0.589. The number of rotatable bonds is 10. The van der Waals surface area contributed by atoms with Crippen LogP contribution in [0.15, 0.2) is 0 Å². The van der Waals surface area contributed by atoms with E-state index in [2.05, 4.69) is 51.2 Å². The van der Waals surface area contributed by atoms with Gasteiger partial charge in [0.25, 0.3) is 0 Å². The average molecular weight is 330 g/mol. The fourth-order valence-electron chi connectivity index (χ4n) is 2.06. The zero-order chi connectivity index (χ0) is 15.8. The molecule has 0 aliphatic heterocycles. The second-order valence-electron chi connectivity index (χ2n) is 5.89. The maximum absolute atomic E-state index is 4.90. The van der Waals surface area contributed by atoms with Gasteiger partial charge in [0.1, 0.15) is 0 Å². The van der Waals surface area contributed by atoms with Gasteiger partial charge in [-0.2, -0.15) is 11.8 Å². The summed E-state index contributed by atoms with van der Waals surface area (Å²) in [4.78, 5) is 8.66. The number of thioether (sulfide) groups is 1. The van der Waals surface area contributed by atoms with Gasteiger partial charge in [0.15, 0.2) is 5.13 Å². The number of hydrogen-bond acceptors (Lipinski definition) is 5. The molecule has 0 aromatic carbocycles. The van der Waals surface area contributed by atoms with Crippen LogP contribution in [0.5, 0.6) is 0 Å². The second kappa shape index (κ2) is 9.70. The molecule has 0 bridgehead atoms. The van der Waals surface area contributed by atoms with Crippen LogP contribution in [-0.4, -0.2) is 36.1 Å². The van der Waals surface area contributed by atoms with Crippen molar-refractivity contribution in [1.82, 2.24) is 10.3 Å². The minimum atomic E-state index is 0.517. The molecule has 21 heavy (non-hydrogen) atoms. The molecular weight excluding hydrogens is 298 g/mol. The fraction of sp³-hybridized carbons (Fsp3) is 0.812. The topological polar surface area (TPSA) is 28.2 Å². The van der Waals surface area contributed by atoms with E-state index in [0.717, 1.165) is 19.4 Å². The minimum absolute atomic E-state index is 0.517. The van der Waals surface area contributed by atoms with Crippen LogP contribution in [0.4, 0.5) is 5.13 Å². The molecule has 0 saturated heterocycles. The molecule has 122 valence electrons. The maximum atomic E-state index is 4.90. The van der Waals surface area contributed by atoms with E-state index in [1.54, 1.807) is 0 Å². The highest BCUT2D eigenvalue weighted by Gasteiger charge is 2.17. The highest BCUT2D eigenvalue weighted by molar-refractivity contribution is 7.98. The molecule has 5 heteroatoms. The van der Waals surface area contributed by atoms with Crippen molar-refractivity contribution in [2.45, 2.75) is 65.6 Å². The van der Waals surface area contributed by atoms with Crippen molar-refractivity contribution in [3.05, 3.63) is 10.6 Å². The first-order valence-corrected chi connectivity index (χ1v) is 10.1. The zero-order valence-electron chi connectivity index (χ0n) is 14.4. The first-order valence-electron chi connectivity index (χ1n) is 7.93. The molecule has 0 radical (unpaired) electrons. The van der Waals surface area contributed by atoms with Gasteiger partial charge in [-0.3, -0.25) is 0 Å². The average Bonchev–Trinajstić information content (AvgIpc) is 2.85. The van der Waals surface area contributed by atoms with Gasteiger partial charge in [-0.05, 0) is 31.8 Å². The summed E-state index contributed by atoms with van der Waals surface area (Å²) in [6.45, 7) is 9.85. The minimum Gasteiger partial charge on any atom is -0.348 e. The molecule has 3 nitrogen and oxygen atoms in total. The van der Waals surface area contributed by atoms with E-state index in [9.17, 15) is 0 Å². The first-order chi connectivity index (χ1) is 9.99. The molecule has 1 atom stereocenters. The van der Waals surface area contributed by atoms with Crippen molar-refractivity contribution in [3.8, 4) is 0 Å².